The Bertz CT molecular complexity index is 531. The van der Waals surface area contributed by atoms with Crippen LogP contribution in [-0.4, -0.2) is 12.1 Å². The van der Waals surface area contributed by atoms with E-state index in [4.69, 9.17) is 4.74 Å². The summed E-state index contributed by atoms with van der Waals surface area (Å²) in [6.45, 7) is 2.46. The van der Waals surface area contributed by atoms with Crippen LogP contribution in [0.2, 0.25) is 0 Å². The molecule has 0 unspecified atom stereocenters. The zero-order valence-electron chi connectivity index (χ0n) is 11.1. The Morgan fingerprint density at radius 1 is 1.32 bits per heavy atom. The molecule has 1 aromatic carbocycles. The zero-order chi connectivity index (χ0) is 13.7. The van der Waals surface area contributed by atoms with Crippen molar-refractivity contribution in [1.29, 1.82) is 0 Å². The number of hydrogen-bond donors (Lipinski definition) is 1. The van der Waals surface area contributed by atoms with Crippen LogP contribution in [-0.2, 0) is 6.54 Å². The summed E-state index contributed by atoms with van der Waals surface area (Å²) in [5.74, 6) is 0.263. The molecule has 0 aliphatic heterocycles. The van der Waals surface area contributed by atoms with Crippen LogP contribution in [0.25, 0.3) is 0 Å². The SMILES string of the molecule is COc1ccc(CN[C@H](C)c2ccccn2)c(F)c1. The fourth-order valence-electron chi connectivity index (χ4n) is 1.80. The van der Waals surface area contributed by atoms with Gasteiger partial charge in [0.1, 0.15) is 11.6 Å². The molecule has 1 aromatic heterocycles. The maximum absolute atomic E-state index is 13.8. The predicted molar refractivity (Wildman–Crippen MR) is 72.4 cm³/mol. The molecule has 1 N–H and O–H groups in total. The largest absolute Gasteiger partial charge is 0.497 e. The number of ether oxygens (including phenoxy) is 1. The topological polar surface area (TPSA) is 34.1 Å². The van der Waals surface area contributed by atoms with Gasteiger partial charge in [0.15, 0.2) is 0 Å². The number of nitrogens with zero attached hydrogens (tertiary/aromatic N) is 1. The lowest BCUT2D eigenvalue weighted by Crippen LogP contribution is -2.19. The van der Waals surface area contributed by atoms with E-state index in [0.29, 0.717) is 17.9 Å². The van der Waals surface area contributed by atoms with Crippen LogP contribution in [0.3, 0.4) is 0 Å². The summed E-state index contributed by atoms with van der Waals surface area (Å²) in [5, 5.41) is 3.25. The van der Waals surface area contributed by atoms with Gasteiger partial charge in [-0.3, -0.25) is 4.98 Å². The minimum Gasteiger partial charge on any atom is -0.497 e. The summed E-state index contributed by atoms with van der Waals surface area (Å²) >= 11 is 0. The van der Waals surface area contributed by atoms with Gasteiger partial charge in [-0.15, -0.1) is 0 Å². The van der Waals surface area contributed by atoms with Crippen molar-refractivity contribution in [1.82, 2.24) is 10.3 Å². The highest BCUT2D eigenvalue weighted by Gasteiger charge is 2.08. The van der Waals surface area contributed by atoms with Crippen LogP contribution in [0.1, 0.15) is 24.2 Å². The summed E-state index contributed by atoms with van der Waals surface area (Å²) in [6.07, 6.45) is 1.75. The molecule has 0 radical (unpaired) electrons. The standard InChI is InChI=1S/C15H17FN2O/c1-11(15-5-3-4-8-17-15)18-10-12-6-7-13(19-2)9-14(12)16/h3-9,11,18H,10H2,1-2H3/t11-/m1/s1. The van der Waals surface area contributed by atoms with E-state index in [1.54, 1.807) is 18.3 Å². The smallest absolute Gasteiger partial charge is 0.131 e. The molecule has 0 spiro atoms. The number of rotatable bonds is 5. The second-order valence-corrected chi connectivity index (χ2v) is 4.31. The summed E-state index contributed by atoms with van der Waals surface area (Å²) in [7, 11) is 1.52. The van der Waals surface area contributed by atoms with Gasteiger partial charge in [0.05, 0.1) is 12.8 Å². The van der Waals surface area contributed by atoms with Crippen LogP contribution in [0.15, 0.2) is 42.6 Å². The van der Waals surface area contributed by atoms with Crippen molar-refractivity contribution in [2.24, 2.45) is 0 Å². The molecular formula is C15H17FN2O. The fourth-order valence-corrected chi connectivity index (χ4v) is 1.80. The third-order valence-electron chi connectivity index (χ3n) is 2.99. The van der Waals surface area contributed by atoms with E-state index in [2.05, 4.69) is 10.3 Å². The molecule has 0 fully saturated rings. The minimum absolute atomic E-state index is 0.0719. The van der Waals surface area contributed by atoms with Gasteiger partial charge in [-0.05, 0) is 25.1 Å². The van der Waals surface area contributed by atoms with Gasteiger partial charge in [-0.25, -0.2) is 4.39 Å². The fraction of sp³-hybridized carbons (Fsp3) is 0.267. The predicted octanol–water partition coefficient (Wildman–Crippen LogP) is 3.08. The molecule has 2 aromatic rings. The maximum atomic E-state index is 13.8. The van der Waals surface area contributed by atoms with E-state index >= 15 is 0 Å². The van der Waals surface area contributed by atoms with E-state index < -0.39 is 0 Å². The molecule has 3 nitrogen and oxygen atoms in total. The Morgan fingerprint density at radius 3 is 2.79 bits per heavy atom. The van der Waals surface area contributed by atoms with Crippen LogP contribution >= 0.6 is 0 Å². The number of hydrogen-bond acceptors (Lipinski definition) is 3. The van der Waals surface area contributed by atoms with Gasteiger partial charge < -0.3 is 10.1 Å². The molecule has 1 atom stereocenters. The lowest BCUT2D eigenvalue weighted by atomic mass is 10.1. The number of nitrogens with one attached hydrogen (secondary N) is 1. The number of halogens is 1. The van der Waals surface area contributed by atoms with Crippen LogP contribution in [0, 0.1) is 5.82 Å². The molecule has 0 saturated carbocycles. The number of pyridine rings is 1. The normalized spacial score (nSPS) is 12.2. The molecule has 2 rings (SSSR count). The van der Waals surface area contributed by atoms with Crippen LogP contribution in [0.4, 0.5) is 4.39 Å². The van der Waals surface area contributed by atoms with Gasteiger partial charge in [-0.2, -0.15) is 0 Å². The van der Waals surface area contributed by atoms with Gasteiger partial charge in [0, 0.05) is 30.4 Å². The monoisotopic (exact) mass is 260 g/mol. The number of methoxy groups -OCH3 is 1. The van der Waals surface area contributed by atoms with Crippen molar-refractivity contribution in [3.05, 3.63) is 59.7 Å². The molecule has 100 valence electrons. The van der Waals surface area contributed by atoms with Crippen molar-refractivity contribution in [3.63, 3.8) is 0 Å². The third-order valence-corrected chi connectivity index (χ3v) is 2.99. The first-order valence-corrected chi connectivity index (χ1v) is 6.17. The average Bonchev–Trinajstić information content (AvgIpc) is 2.46. The van der Waals surface area contributed by atoms with Gasteiger partial charge in [-0.1, -0.05) is 12.1 Å². The number of aromatic nitrogens is 1. The van der Waals surface area contributed by atoms with Crippen LogP contribution in [0.5, 0.6) is 5.75 Å². The zero-order valence-corrected chi connectivity index (χ0v) is 11.1. The third kappa shape index (κ3) is 3.51. The Hall–Kier alpha value is -1.94. The molecule has 0 saturated heterocycles. The molecular weight excluding hydrogens is 243 g/mol. The lowest BCUT2D eigenvalue weighted by Gasteiger charge is -2.13. The summed E-state index contributed by atoms with van der Waals surface area (Å²) in [4.78, 5) is 4.26. The number of benzene rings is 1. The molecule has 0 aliphatic rings. The summed E-state index contributed by atoms with van der Waals surface area (Å²) in [5.41, 5.74) is 1.56. The van der Waals surface area contributed by atoms with E-state index in [1.807, 2.05) is 25.1 Å². The second kappa shape index (κ2) is 6.29. The molecule has 4 heteroatoms. The van der Waals surface area contributed by atoms with E-state index in [9.17, 15) is 4.39 Å². The van der Waals surface area contributed by atoms with Crippen molar-refractivity contribution in [2.45, 2.75) is 19.5 Å². The van der Waals surface area contributed by atoms with Crippen molar-refractivity contribution in [3.8, 4) is 5.75 Å². The highest BCUT2D eigenvalue weighted by atomic mass is 19.1. The first-order valence-electron chi connectivity index (χ1n) is 6.17. The van der Waals surface area contributed by atoms with Crippen molar-refractivity contribution in [2.75, 3.05) is 7.11 Å². The van der Waals surface area contributed by atoms with Crippen LogP contribution < -0.4 is 10.1 Å². The van der Waals surface area contributed by atoms with E-state index in [0.717, 1.165) is 5.69 Å². The first kappa shape index (κ1) is 13.5. The van der Waals surface area contributed by atoms with Gasteiger partial charge in [0.2, 0.25) is 0 Å². The Morgan fingerprint density at radius 2 is 2.16 bits per heavy atom. The quantitative estimate of drug-likeness (QED) is 0.897. The minimum atomic E-state index is -0.264. The molecule has 1 heterocycles. The molecule has 0 amide bonds. The average molecular weight is 260 g/mol. The highest BCUT2D eigenvalue weighted by Crippen LogP contribution is 2.17. The Labute approximate surface area is 112 Å². The summed E-state index contributed by atoms with van der Waals surface area (Å²) < 4.78 is 18.7. The van der Waals surface area contributed by atoms with E-state index in [1.165, 1.54) is 13.2 Å². The van der Waals surface area contributed by atoms with Gasteiger partial charge >= 0.3 is 0 Å². The first-order chi connectivity index (χ1) is 9.20. The van der Waals surface area contributed by atoms with Crippen molar-refractivity contribution < 1.29 is 9.13 Å². The van der Waals surface area contributed by atoms with Gasteiger partial charge in [0.25, 0.3) is 0 Å². The second-order valence-electron chi connectivity index (χ2n) is 4.31. The molecule has 0 aliphatic carbocycles. The lowest BCUT2D eigenvalue weighted by molar-refractivity contribution is 0.410. The maximum Gasteiger partial charge on any atom is 0.131 e. The summed E-state index contributed by atoms with van der Waals surface area (Å²) in [6, 6.07) is 10.7. The van der Waals surface area contributed by atoms with E-state index in [-0.39, 0.29) is 11.9 Å². The Balaban J connectivity index is 1.99. The molecule has 19 heavy (non-hydrogen) atoms. The Kier molecular flexibility index (Phi) is 4.47. The van der Waals surface area contributed by atoms with Crippen molar-refractivity contribution >= 4 is 0 Å². The highest BCUT2D eigenvalue weighted by molar-refractivity contribution is 5.28. The molecule has 0 bridgehead atoms.